The number of amides is 1. The third-order valence-electron chi connectivity index (χ3n) is 3.34. The van der Waals surface area contributed by atoms with Crippen molar-refractivity contribution in [2.75, 3.05) is 17.2 Å². The van der Waals surface area contributed by atoms with Crippen molar-refractivity contribution in [1.29, 1.82) is 0 Å². The van der Waals surface area contributed by atoms with Crippen molar-refractivity contribution < 1.29 is 9.90 Å². The molecule has 2 aromatic rings. The highest BCUT2D eigenvalue weighted by Crippen LogP contribution is 2.29. The molecule has 2 heterocycles. The first kappa shape index (κ1) is 13.3. The van der Waals surface area contributed by atoms with Crippen LogP contribution in [0.25, 0.3) is 5.57 Å². The third-order valence-corrected chi connectivity index (χ3v) is 3.34. The lowest BCUT2D eigenvalue weighted by Crippen LogP contribution is -2.06. The monoisotopic (exact) mass is 281 g/mol. The van der Waals surface area contributed by atoms with Crippen molar-refractivity contribution >= 4 is 23.0 Å². The molecule has 0 fully saturated rings. The van der Waals surface area contributed by atoms with Gasteiger partial charge in [0.1, 0.15) is 5.82 Å². The molecule has 0 saturated carbocycles. The van der Waals surface area contributed by atoms with Crippen molar-refractivity contribution in [2.24, 2.45) is 0 Å². The molecule has 0 aliphatic carbocycles. The molecule has 5 nitrogen and oxygen atoms in total. The maximum Gasteiger partial charge on any atom is 0.259 e. The van der Waals surface area contributed by atoms with Gasteiger partial charge < -0.3 is 15.7 Å². The average molecular weight is 281 g/mol. The van der Waals surface area contributed by atoms with Gasteiger partial charge in [-0.05, 0) is 30.2 Å². The number of fused-ring (bicyclic) bond motifs is 1. The molecule has 3 N–H and O–H groups in total. The Morgan fingerprint density at radius 2 is 2.10 bits per heavy atom. The molecule has 1 amide bonds. The van der Waals surface area contributed by atoms with Crippen LogP contribution in [0.1, 0.15) is 11.1 Å². The standard InChI is InChI=1S/C16H15N3O2/c20-9-7-11-4-1-2-6-14(11)18-10-13-12-5-3-8-17-15(12)19-16(13)21/h1-6,8,10,18,20H,7,9H2,(H,17,19,21)/b13-10+. The van der Waals surface area contributed by atoms with Crippen molar-refractivity contribution in [1.82, 2.24) is 4.98 Å². The first-order valence-corrected chi connectivity index (χ1v) is 6.72. The molecular weight excluding hydrogens is 266 g/mol. The molecule has 106 valence electrons. The molecule has 0 unspecified atom stereocenters. The number of aliphatic hydroxyl groups excluding tert-OH is 1. The molecule has 0 spiro atoms. The molecule has 3 rings (SSSR count). The molecule has 5 heteroatoms. The summed E-state index contributed by atoms with van der Waals surface area (Å²) in [4.78, 5) is 16.1. The highest BCUT2D eigenvalue weighted by molar-refractivity contribution is 6.31. The van der Waals surface area contributed by atoms with E-state index >= 15 is 0 Å². The van der Waals surface area contributed by atoms with E-state index in [1.54, 1.807) is 18.5 Å². The second-order valence-electron chi connectivity index (χ2n) is 4.69. The lowest BCUT2D eigenvalue weighted by molar-refractivity contribution is -0.110. The lowest BCUT2D eigenvalue weighted by Gasteiger charge is -2.08. The Balaban J connectivity index is 1.89. The minimum absolute atomic E-state index is 0.0858. The van der Waals surface area contributed by atoms with E-state index in [9.17, 15) is 4.79 Å². The predicted molar refractivity (Wildman–Crippen MR) is 81.7 cm³/mol. The average Bonchev–Trinajstić information content (AvgIpc) is 2.82. The van der Waals surface area contributed by atoms with E-state index in [-0.39, 0.29) is 12.5 Å². The van der Waals surface area contributed by atoms with E-state index in [0.29, 0.717) is 17.8 Å². The van der Waals surface area contributed by atoms with E-state index in [0.717, 1.165) is 16.8 Å². The Bertz CT molecular complexity index is 710. The van der Waals surface area contributed by atoms with Crippen LogP contribution < -0.4 is 10.6 Å². The Labute approximate surface area is 122 Å². The van der Waals surface area contributed by atoms with Gasteiger partial charge in [0.2, 0.25) is 0 Å². The zero-order valence-corrected chi connectivity index (χ0v) is 11.3. The number of carbonyl (C=O) groups excluding carboxylic acids is 1. The van der Waals surface area contributed by atoms with E-state index < -0.39 is 0 Å². The lowest BCUT2D eigenvalue weighted by atomic mass is 10.1. The number of carbonyl (C=O) groups is 1. The number of para-hydroxylation sites is 1. The summed E-state index contributed by atoms with van der Waals surface area (Å²) in [5.74, 6) is 0.412. The van der Waals surface area contributed by atoms with E-state index in [2.05, 4.69) is 15.6 Å². The fourth-order valence-electron chi connectivity index (χ4n) is 2.31. The number of hydrogen-bond acceptors (Lipinski definition) is 4. The maximum atomic E-state index is 12.0. The van der Waals surface area contributed by atoms with Gasteiger partial charge in [0.05, 0.1) is 5.57 Å². The quantitative estimate of drug-likeness (QED) is 0.750. The molecule has 0 atom stereocenters. The number of hydrogen-bond donors (Lipinski definition) is 3. The van der Waals surface area contributed by atoms with Crippen LogP contribution in [0.5, 0.6) is 0 Å². The van der Waals surface area contributed by atoms with E-state index in [4.69, 9.17) is 5.11 Å². The fraction of sp³-hybridized carbons (Fsp3) is 0.125. The highest BCUT2D eigenvalue weighted by atomic mass is 16.3. The van der Waals surface area contributed by atoms with Crippen LogP contribution in [0.3, 0.4) is 0 Å². The molecule has 21 heavy (non-hydrogen) atoms. The minimum atomic E-state index is -0.171. The molecule has 1 aliphatic rings. The largest absolute Gasteiger partial charge is 0.396 e. The normalized spacial score (nSPS) is 14.9. The van der Waals surface area contributed by atoms with Crippen LogP contribution in [-0.4, -0.2) is 22.6 Å². The van der Waals surface area contributed by atoms with Gasteiger partial charge in [-0.1, -0.05) is 18.2 Å². The number of nitrogens with one attached hydrogen (secondary N) is 2. The van der Waals surface area contributed by atoms with Gasteiger partial charge in [0.25, 0.3) is 5.91 Å². The summed E-state index contributed by atoms with van der Waals surface area (Å²) in [7, 11) is 0. The smallest absolute Gasteiger partial charge is 0.259 e. The topological polar surface area (TPSA) is 74.2 Å². The van der Waals surface area contributed by atoms with Gasteiger partial charge in [0.15, 0.2) is 0 Å². The number of aliphatic hydroxyl groups is 1. The molecular formula is C16H15N3O2. The maximum absolute atomic E-state index is 12.0. The van der Waals surface area contributed by atoms with Crippen LogP contribution in [0.4, 0.5) is 11.5 Å². The number of rotatable bonds is 4. The summed E-state index contributed by atoms with van der Waals surface area (Å²) in [6.45, 7) is 0.0858. The number of nitrogens with zero attached hydrogens (tertiary/aromatic N) is 1. The van der Waals surface area contributed by atoms with Gasteiger partial charge in [-0.3, -0.25) is 4.79 Å². The molecule has 0 radical (unpaired) electrons. The number of aromatic nitrogens is 1. The Hall–Kier alpha value is -2.66. The van der Waals surface area contributed by atoms with Gasteiger partial charge >= 0.3 is 0 Å². The predicted octanol–water partition coefficient (Wildman–Crippen LogP) is 2.02. The minimum Gasteiger partial charge on any atom is -0.396 e. The molecule has 0 bridgehead atoms. The van der Waals surface area contributed by atoms with Crippen LogP contribution in [0, 0.1) is 0 Å². The Kier molecular flexibility index (Phi) is 3.66. The Morgan fingerprint density at radius 3 is 2.95 bits per heavy atom. The summed E-state index contributed by atoms with van der Waals surface area (Å²) in [5, 5.41) is 15.0. The second-order valence-corrected chi connectivity index (χ2v) is 4.69. The van der Waals surface area contributed by atoms with Gasteiger partial charge in [-0.2, -0.15) is 0 Å². The highest BCUT2D eigenvalue weighted by Gasteiger charge is 2.24. The summed E-state index contributed by atoms with van der Waals surface area (Å²) in [6.07, 6.45) is 3.89. The SMILES string of the molecule is O=C1Nc2ncccc2/C1=C\Nc1ccccc1CCO. The van der Waals surface area contributed by atoms with E-state index in [1.165, 1.54) is 0 Å². The zero-order valence-electron chi connectivity index (χ0n) is 11.3. The van der Waals surface area contributed by atoms with Crippen LogP contribution in [0.2, 0.25) is 0 Å². The van der Waals surface area contributed by atoms with Crippen LogP contribution in [0.15, 0.2) is 48.8 Å². The zero-order chi connectivity index (χ0) is 14.7. The number of anilines is 2. The summed E-state index contributed by atoms with van der Waals surface area (Å²) < 4.78 is 0. The third kappa shape index (κ3) is 2.64. The second kappa shape index (κ2) is 5.76. The molecule has 1 aliphatic heterocycles. The first-order chi connectivity index (χ1) is 10.3. The van der Waals surface area contributed by atoms with Crippen LogP contribution >= 0.6 is 0 Å². The van der Waals surface area contributed by atoms with E-state index in [1.807, 2.05) is 30.3 Å². The van der Waals surface area contributed by atoms with Gasteiger partial charge in [0, 0.05) is 30.3 Å². The van der Waals surface area contributed by atoms with Crippen molar-refractivity contribution in [3.05, 3.63) is 59.9 Å². The molecule has 0 saturated heterocycles. The first-order valence-electron chi connectivity index (χ1n) is 6.72. The van der Waals surface area contributed by atoms with Gasteiger partial charge in [-0.15, -0.1) is 0 Å². The summed E-state index contributed by atoms with van der Waals surface area (Å²) in [6, 6.07) is 11.3. The van der Waals surface area contributed by atoms with Crippen molar-refractivity contribution in [3.63, 3.8) is 0 Å². The number of benzene rings is 1. The molecule has 1 aromatic heterocycles. The fourth-order valence-corrected chi connectivity index (χ4v) is 2.31. The van der Waals surface area contributed by atoms with Crippen LogP contribution in [-0.2, 0) is 11.2 Å². The summed E-state index contributed by atoms with van der Waals surface area (Å²) in [5.41, 5.74) is 3.22. The Morgan fingerprint density at radius 1 is 1.24 bits per heavy atom. The van der Waals surface area contributed by atoms with Crippen molar-refractivity contribution in [3.8, 4) is 0 Å². The number of pyridine rings is 1. The van der Waals surface area contributed by atoms with Crippen molar-refractivity contribution in [2.45, 2.75) is 6.42 Å². The van der Waals surface area contributed by atoms with Gasteiger partial charge in [-0.25, -0.2) is 4.98 Å². The summed E-state index contributed by atoms with van der Waals surface area (Å²) >= 11 is 0. The molecule has 1 aromatic carbocycles.